The van der Waals surface area contributed by atoms with Crippen LogP contribution in [0.1, 0.15) is 37.1 Å². The van der Waals surface area contributed by atoms with E-state index in [2.05, 4.69) is 15.6 Å². The zero-order chi connectivity index (χ0) is 20.5. The zero-order valence-corrected chi connectivity index (χ0v) is 17.5. The Kier molecular flexibility index (Phi) is 8.42. The molecule has 2 atom stereocenters. The Morgan fingerprint density at radius 2 is 1.96 bits per heavy atom. The number of nitrogens with one attached hydrogen (secondary N) is 2. The van der Waals surface area contributed by atoms with Gasteiger partial charge in [-0.15, -0.1) is 0 Å². The zero-order valence-electron chi connectivity index (χ0n) is 16.7. The van der Waals surface area contributed by atoms with E-state index in [-0.39, 0.29) is 12.6 Å². The lowest BCUT2D eigenvalue weighted by molar-refractivity contribution is 0.182. The number of ether oxygens (including phenoxy) is 2. The Balaban J connectivity index is 2.13. The second-order valence-corrected chi connectivity index (χ2v) is 6.70. The maximum absolute atomic E-state index is 10.6. The molecular weight excluding hydrogens is 378 g/mol. The quantitative estimate of drug-likeness (QED) is 0.461. The summed E-state index contributed by atoms with van der Waals surface area (Å²) in [6.45, 7) is 4.89. The molecule has 0 spiro atoms. The molecular formula is C21H28ClN3O3. The average molecular weight is 406 g/mol. The smallest absolute Gasteiger partial charge is 0.191 e. The minimum Gasteiger partial charge on any atom is -0.497 e. The van der Waals surface area contributed by atoms with Gasteiger partial charge in [0, 0.05) is 17.1 Å². The highest BCUT2D eigenvalue weighted by Gasteiger charge is 2.15. The van der Waals surface area contributed by atoms with E-state index in [1.54, 1.807) is 32.4 Å². The predicted molar refractivity (Wildman–Crippen MR) is 113 cm³/mol. The highest BCUT2D eigenvalue weighted by atomic mass is 35.5. The van der Waals surface area contributed by atoms with Crippen molar-refractivity contribution >= 4 is 17.6 Å². The fourth-order valence-corrected chi connectivity index (χ4v) is 2.96. The van der Waals surface area contributed by atoms with E-state index in [4.69, 9.17) is 21.1 Å². The monoisotopic (exact) mass is 405 g/mol. The van der Waals surface area contributed by atoms with Gasteiger partial charge in [-0.1, -0.05) is 23.7 Å². The van der Waals surface area contributed by atoms with Crippen LogP contribution in [0.2, 0.25) is 5.02 Å². The van der Waals surface area contributed by atoms with Crippen molar-refractivity contribution in [2.45, 2.75) is 26.0 Å². The summed E-state index contributed by atoms with van der Waals surface area (Å²) in [5.41, 5.74) is 1.68. The van der Waals surface area contributed by atoms with Gasteiger partial charge in [0.2, 0.25) is 0 Å². The fourth-order valence-electron chi connectivity index (χ4n) is 2.76. The van der Waals surface area contributed by atoms with E-state index in [1.807, 2.05) is 38.1 Å². The van der Waals surface area contributed by atoms with E-state index in [0.717, 1.165) is 5.56 Å². The minimum absolute atomic E-state index is 0.00000159. The number of benzene rings is 2. The highest BCUT2D eigenvalue weighted by molar-refractivity contribution is 6.30. The van der Waals surface area contributed by atoms with Crippen molar-refractivity contribution in [3.05, 3.63) is 58.6 Å². The molecule has 0 saturated heterocycles. The summed E-state index contributed by atoms with van der Waals surface area (Å²) in [5, 5.41) is 17.9. The number of aliphatic hydroxyl groups excluding tert-OH is 1. The van der Waals surface area contributed by atoms with Crippen molar-refractivity contribution in [3.8, 4) is 11.5 Å². The number of nitrogens with zero attached hydrogens (tertiary/aromatic N) is 1. The number of hydrogen-bond acceptors (Lipinski definition) is 4. The Morgan fingerprint density at radius 3 is 2.61 bits per heavy atom. The number of aliphatic imine (C=N–C) groups is 1. The average Bonchev–Trinajstić information content (AvgIpc) is 2.71. The van der Waals surface area contributed by atoms with Crippen molar-refractivity contribution in [2.24, 2.45) is 4.99 Å². The molecule has 0 fully saturated rings. The standard InChI is InChI=1S/C21H28ClN3O3/c1-5-23-21(25-14(2)15-7-6-8-16(22)11-15)24-13-19(26)18-12-17(27-3)9-10-20(18)28-4/h6-12,14,19,26H,5,13H2,1-4H3,(H2,23,24,25). The lowest BCUT2D eigenvalue weighted by Crippen LogP contribution is -2.39. The predicted octanol–water partition coefficient (Wildman–Crippen LogP) is 3.71. The Bertz CT molecular complexity index is 798. The highest BCUT2D eigenvalue weighted by Crippen LogP contribution is 2.29. The molecule has 0 bridgehead atoms. The van der Waals surface area contributed by atoms with E-state index in [1.165, 1.54) is 0 Å². The van der Waals surface area contributed by atoms with Crippen LogP contribution < -0.4 is 20.1 Å². The summed E-state index contributed by atoms with van der Waals surface area (Å²) in [6.07, 6.45) is -0.831. The van der Waals surface area contributed by atoms with Gasteiger partial charge < -0.3 is 25.2 Å². The Morgan fingerprint density at radius 1 is 1.18 bits per heavy atom. The van der Waals surface area contributed by atoms with Crippen LogP contribution in [0, 0.1) is 0 Å². The topological polar surface area (TPSA) is 75.1 Å². The van der Waals surface area contributed by atoms with Crippen molar-refractivity contribution in [1.82, 2.24) is 10.6 Å². The maximum Gasteiger partial charge on any atom is 0.191 e. The van der Waals surface area contributed by atoms with Gasteiger partial charge in [0.1, 0.15) is 17.6 Å². The molecule has 0 aromatic heterocycles. The molecule has 7 heteroatoms. The fraction of sp³-hybridized carbons (Fsp3) is 0.381. The van der Waals surface area contributed by atoms with Crippen LogP contribution in [0.4, 0.5) is 0 Å². The molecule has 0 aliphatic heterocycles. The van der Waals surface area contributed by atoms with Gasteiger partial charge in [-0.25, -0.2) is 0 Å². The second-order valence-electron chi connectivity index (χ2n) is 6.26. The molecule has 0 saturated carbocycles. The van der Waals surface area contributed by atoms with Crippen LogP contribution in [-0.4, -0.2) is 38.4 Å². The van der Waals surface area contributed by atoms with Crippen molar-refractivity contribution in [3.63, 3.8) is 0 Å². The van der Waals surface area contributed by atoms with Crippen LogP contribution in [0.3, 0.4) is 0 Å². The number of halogens is 1. The summed E-state index contributed by atoms with van der Waals surface area (Å²) < 4.78 is 10.6. The summed E-state index contributed by atoms with van der Waals surface area (Å²) in [5.74, 6) is 1.85. The van der Waals surface area contributed by atoms with E-state index in [9.17, 15) is 5.11 Å². The van der Waals surface area contributed by atoms with Crippen LogP contribution >= 0.6 is 11.6 Å². The van der Waals surface area contributed by atoms with Crippen LogP contribution in [0.25, 0.3) is 0 Å². The third-order valence-corrected chi connectivity index (χ3v) is 4.50. The number of methoxy groups -OCH3 is 2. The van der Waals surface area contributed by atoms with E-state index >= 15 is 0 Å². The van der Waals surface area contributed by atoms with Crippen LogP contribution in [0.15, 0.2) is 47.5 Å². The Hall–Kier alpha value is -2.44. The first-order valence-electron chi connectivity index (χ1n) is 9.18. The van der Waals surface area contributed by atoms with Gasteiger partial charge in [-0.2, -0.15) is 0 Å². The van der Waals surface area contributed by atoms with Crippen LogP contribution in [-0.2, 0) is 0 Å². The second kappa shape index (κ2) is 10.8. The van der Waals surface area contributed by atoms with E-state index in [0.29, 0.717) is 34.6 Å². The van der Waals surface area contributed by atoms with Crippen molar-refractivity contribution in [1.29, 1.82) is 0 Å². The van der Waals surface area contributed by atoms with Crippen molar-refractivity contribution < 1.29 is 14.6 Å². The van der Waals surface area contributed by atoms with Gasteiger partial charge in [0.05, 0.1) is 26.8 Å². The molecule has 2 aromatic rings. The largest absolute Gasteiger partial charge is 0.497 e. The van der Waals surface area contributed by atoms with Crippen LogP contribution in [0.5, 0.6) is 11.5 Å². The number of hydrogen-bond donors (Lipinski definition) is 3. The summed E-state index contributed by atoms with van der Waals surface area (Å²) >= 11 is 6.08. The first-order valence-corrected chi connectivity index (χ1v) is 9.56. The minimum atomic E-state index is -0.831. The molecule has 0 aliphatic rings. The third kappa shape index (κ3) is 6.04. The number of rotatable bonds is 8. The lowest BCUT2D eigenvalue weighted by atomic mass is 10.1. The molecule has 0 aliphatic carbocycles. The molecule has 3 N–H and O–H groups in total. The molecule has 0 heterocycles. The third-order valence-electron chi connectivity index (χ3n) is 4.26. The number of guanidine groups is 1. The normalized spacial score (nSPS) is 13.6. The molecule has 2 aromatic carbocycles. The summed E-state index contributed by atoms with van der Waals surface area (Å²) in [4.78, 5) is 4.52. The van der Waals surface area contributed by atoms with Gasteiger partial charge in [0.15, 0.2) is 5.96 Å². The van der Waals surface area contributed by atoms with Gasteiger partial charge in [0.25, 0.3) is 0 Å². The van der Waals surface area contributed by atoms with Gasteiger partial charge in [-0.05, 0) is 49.7 Å². The first-order chi connectivity index (χ1) is 13.5. The summed E-state index contributed by atoms with van der Waals surface area (Å²) in [7, 11) is 3.15. The number of aliphatic hydroxyl groups is 1. The first kappa shape index (κ1) is 21.9. The summed E-state index contributed by atoms with van der Waals surface area (Å²) in [6, 6.07) is 13.0. The maximum atomic E-state index is 10.6. The lowest BCUT2D eigenvalue weighted by Gasteiger charge is -2.19. The molecule has 6 nitrogen and oxygen atoms in total. The molecule has 2 rings (SSSR count). The molecule has 0 radical (unpaired) electrons. The van der Waals surface area contributed by atoms with Gasteiger partial charge in [-0.3, -0.25) is 4.99 Å². The molecule has 0 amide bonds. The molecule has 152 valence electrons. The van der Waals surface area contributed by atoms with Crippen molar-refractivity contribution in [2.75, 3.05) is 27.3 Å². The molecule has 2 unspecified atom stereocenters. The SMILES string of the molecule is CCNC(=NCC(O)c1cc(OC)ccc1OC)NC(C)c1cccc(Cl)c1. The molecule has 28 heavy (non-hydrogen) atoms. The Labute approximate surface area is 171 Å². The van der Waals surface area contributed by atoms with Gasteiger partial charge >= 0.3 is 0 Å². The van der Waals surface area contributed by atoms with E-state index < -0.39 is 6.10 Å².